The van der Waals surface area contributed by atoms with Crippen LogP contribution in [0.25, 0.3) is 0 Å². The van der Waals surface area contributed by atoms with Crippen molar-refractivity contribution in [1.29, 1.82) is 5.26 Å². The van der Waals surface area contributed by atoms with E-state index in [2.05, 4.69) is 11.0 Å². The first kappa shape index (κ1) is 13.4. The lowest BCUT2D eigenvalue weighted by Gasteiger charge is -2.36. The molecule has 0 aromatic heterocycles. The van der Waals surface area contributed by atoms with Crippen molar-refractivity contribution in [2.24, 2.45) is 5.41 Å². The Morgan fingerprint density at radius 2 is 1.78 bits per heavy atom. The molecule has 0 saturated carbocycles. The smallest absolute Gasteiger partial charge is 0.236 e. The van der Waals surface area contributed by atoms with Crippen LogP contribution in [0.5, 0.6) is 0 Å². The second-order valence-electron chi connectivity index (χ2n) is 5.89. The maximum Gasteiger partial charge on any atom is 0.236 e. The Morgan fingerprint density at radius 3 is 2.33 bits per heavy atom. The van der Waals surface area contributed by atoms with Crippen LogP contribution in [-0.2, 0) is 4.79 Å². The highest BCUT2D eigenvalue weighted by Gasteiger charge is 2.31. The molecule has 2 rings (SSSR count). The summed E-state index contributed by atoms with van der Waals surface area (Å²) in [5.74, 6) is 0.273. The van der Waals surface area contributed by atoms with Gasteiger partial charge in [0.2, 0.25) is 5.91 Å². The van der Waals surface area contributed by atoms with Crippen LogP contribution in [0.4, 0.5) is 0 Å². The fourth-order valence-corrected chi connectivity index (χ4v) is 2.75. The fraction of sp³-hybridized carbons (Fsp3) is 0.857. The summed E-state index contributed by atoms with van der Waals surface area (Å²) in [4.78, 5) is 16.3. The normalized spacial score (nSPS) is 24.6. The maximum atomic E-state index is 12.1. The lowest BCUT2D eigenvalue weighted by atomic mass is 9.82. The summed E-state index contributed by atoms with van der Waals surface area (Å²) in [6, 6.07) is 2.40. The minimum atomic E-state index is -0.176. The molecule has 0 aliphatic carbocycles. The molecule has 2 fully saturated rings. The standard InChI is InChI=1S/C14H23N3O/c1-14(12-15)5-9-16(10-6-14)11-13(18)17-7-3-2-4-8-17/h2-11H2,1H3. The van der Waals surface area contributed by atoms with Crippen LogP contribution >= 0.6 is 0 Å². The van der Waals surface area contributed by atoms with Crippen molar-refractivity contribution in [2.45, 2.75) is 39.0 Å². The lowest BCUT2D eigenvalue weighted by Crippen LogP contribution is -2.46. The highest BCUT2D eigenvalue weighted by atomic mass is 16.2. The zero-order chi connectivity index (χ0) is 13.0. The molecule has 2 aliphatic heterocycles. The number of rotatable bonds is 2. The Bertz CT molecular complexity index is 333. The van der Waals surface area contributed by atoms with E-state index in [1.807, 2.05) is 11.8 Å². The predicted octanol–water partition coefficient (Wildman–Crippen LogP) is 1.62. The number of amides is 1. The Morgan fingerprint density at radius 1 is 1.17 bits per heavy atom. The van der Waals surface area contributed by atoms with Crippen LogP contribution in [-0.4, -0.2) is 48.4 Å². The minimum absolute atomic E-state index is 0.176. The number of nitrogens with zero attached hydrogens (tertiary/aromatic N) is 3. The van der Waals surface area contributed by atoms with Crippen LogP contribution in [0.2, 0.25) is 0 Å². The van der Waals surface area contributed by atoms with E-state index < -0.39 is 0 Å². The van der Waals surface area contributed by atoms with Crippen molar-refractivity contribution in [3.63, 3.8) is 0 Å². The van der Waals surface area contributed by atoms with E-state index in [9.17, 15) is 4.79 Å². The van der Waals surface area contributed by atoms with Crippen LogP contribution in [0.15, 0.2) is 0 Å². The first-order valence-corrected chi connectivity index (χ1v) is 7.04. The molecule has 4 nitrogen and oxygen atoms in total. The third-order valence-corrected chi connectivity index (χ3v) is 4.30. The molecule has 0 N–H and O–H groups in total. The third-order valence-electron chi connectivity index (χ3n) is 4.30. The van der Waals surface area contributed by atoms with E-state index >= 15 is 0 Å². The summed E-state index contributed by atoms with van der Waals surface area (Å²) >= 11 is 0. The Kier molecular flexibility index (Phi) is 4.23. The van der Waals surface area contributed by atoms with Crippen molar-refractivity contribution in [3.8, 4) is 6.07 Å². The van der Waals surface area contributed by atoms with Gasteiger partial charge < -0.3 is 4.90 Å². The van der Waals surface area contributed by atoms with Crippen LogP contribution in [0.1, 0.15) is 39.0 Å². The quantitative estimate of drug-likeness (QED) is 0.747. The number of carbonyl (C=O) groups is 1. The van der Waals surface area contributed by atoms with Gasteiger partial charge in [0.1, 0.15) is 0 Å². The highest BCUT2D eigenvalue weighted by molar-refractivity contribution is 5.78. The van der Waals surface area contributed by atoms with Gasteiger partial charge in [-0.25, -0.2) is 0 Å². The monoisotopic (exact) mass is 249 g/mol. The summed E-state index contributed by atoms with van der Waals surface area (Å²) in [5, 5.41) is 9.08. The molecule has 0 bridgehead atoms. The Balaban J connectivity index is 1.77. The first-order valence-electron chi connectivity index (χ1n) is 7.04. The highest BCUT2D eigenvalue weighted by Crippen LogP contribution is 2.29. The molecule has 2 aliphatic rings. The predicted molar refractivity (Wildman–Crippen MR) is 69.8 cm³/mol. The van der Waals surface area contributed by atoms with E-state index in [4.69, 9.17) is 5.26 Å². The van der Waals surface area contributed by atoms with E-state index in [-0.39, 0.29) is 11.3 Å². The SMILES string of the molecule is CC1(C#N)CCN(CC(=O)N2CCCCC2)CC1. The molecule has 0 spiro atoms. The molecule has 18 heavy (non-hydrogen) atoms. The zero-order valence-corrected chi connectivity index (χ0v) is 11.3. The summed E-state index contributed by atoms with van der Waals surface area (Å²) < 4.78 is 0. The second kappa shape index (κ2) is 5.71. The van der Waals surface area contributed by atoms with Crippen molar-refractivity contribution in [3.05, 3.63) is 0 Å². The van der Waals surface area contributed by atoms with Gasteiger partial charge >= 0.3 is 0 Å². The summed E-state index contributed by atoms with van der Waals surface area (Å²) in [5.41, 5.74) is -0.176. The van der Waals surface area contributed by atoms with Gasteiger partial charge in [0.25, 0.3) is 0 Å². The number of likely N-dealkylation sites (tertiary alicyclic amines) is 2. The first-order chi connectivity index (χ1) is 8.63. The topological polar surface area (TPSA) is 47.3 Å². The van der Waals surface area contributed by atoms with Crippen molar-refractivity contribution in [2.75, 3.05) is 32.7 Å². The van der Waals surface area contributed by atoms with Gasteiger partial charge in [0, 0.05) is 26.2 Å². The van der Waals surface area contributed by atoms with Crippen molar-refractivity contribution in [1.82, 2.24) is 9.80 Å². The third kappa shape index (κ3) is 3.23. The average molecular weight is 249 g/mol. The molecule has 2 heterocycles. The van der Waals surface area contributed by atoms with E-state index in [0.717, 1.165) is 51.9 Å². The molecule has 1 amide bonds. The molecule has 0 unspecified atom stereocenters. The molecular formula is C14H23N3O. The van der Waals surface area contributed by atoms with Crippen LogP contribution < -0.4 is 0 Å². The van der Waals surface area contributed by atoms with Crippen LogP contribution in [0, 0.1) is 16.7 Å². The van der Waals surface area contributed by atoms with Gasteiger partial charge in [-0.2, -0.15) is 5.26 Å². The maximum absolute atomic E-state index is 12.1. The lowest BCUT2D eigenvalue weighted by molar-refractivity contribution is -0.133. The minimum Gasteiger partial charge on any atom is -0.342 e. The molecule has 100 valence electrons. The number of nitriles is 1. The summed E-state index contributed by atoms with van der Waals surface area (Å²) in [6.07, 6.45) is 5.33. The number of carbonyl (C=O) groups excluding carboxylic acids is 1. The summed E-state index contributed by atoms with van der Waals surface area (Å²) in [7, 11) is 0. The number of piperidine rings is 2. The largest absolute Gasteiger partial charge is 0.342 e. The van der Waals surface area contributed by atoms with Crippen molar-refractivity contribution >= 4 is 5.91 Å². The Labute approximate surface area is 110 Å². The van der Waals surface area contributed by atoms with Gasteiger partial charge in [0.15, 0.2) is 0 Å². The van der Waals surface area contributed by atoms with Gasteiger partial charge in [-0.05, 0) is 39.0 Å². The second-order valence-corrected chi connectivity index (χ2v) is 5.89. The van der Waals surface area contributed by atoms with E-state index in [1.54, 1.807) is 0 Å². The zero-order valence-electron chi connectivity index (χ0n) is 11.3. The van der Waals surface area contributed by atoms with Crippen molar-refractivity contribution < 1.29 is 4.79 Å². The molecule has 0 radical (unpaired) electrons. The van der Waals surface area contributed by atoms with E-state index in [1.165, 1.54) is 6.42 Å². The van der Waals surface area contributed by atoms with Gasteiger partial charge in [0.05, 0.1) is 18.0 Å². The van der Waals surface area contributed by atoms with Crippen LogP contribution in [0.3, 0.4) is 0 Å². The molecule has 2 saturated heterocycles. The molecule has 0 atom stereocenters. The van der Waals surface area contributed by atoms with Gasteiger partial charge in [-0.15, -0.1) is 0 Å². The number of hydrogen-bond acceptors (Lipinski definition) is 3. The van der Waals surface area contributed by atoms with Gasteiger partial charge in [-0.1, -0.05) is 0 Å². The molecule has 4 heteroatoms. The molecular weight excluding hydrogens is 226 g/mol. The van der Waals surface area contributed by atoms with Gasteiger partial charge in [-0.3, -0.25) is 9.69 Å². The Hall–Kier alpha value is -1.08. The number of hydrogen-bond donors (Lipinski definition) is 0. The average Bonchev–Trinajstić information content (AvgIpc) is 2.42. The molecule has 0 aromatic rings. The molecule has 0 aromatic carbocycles. The van der Waals surface area contributed by atoms with E-state index in [0.29, 0.717) is 6.54 Å². The fourth-order valence-electron chi connectivity index (χ4n) is 2.75. The summed E-state index contributed by atoms with van der Waals surface area (Å²) in [6.45, 7) is 6.19.